The summed E-state index contributed by atoms with van der Waals surface area (Å²) in [6.07, 6.45) is 0. The fourth-order valence-electron chi connectivity index (χ4n) is 2.67. The van der Waals surface area contributed by atoms with Crippen molar-refractivity contribution in [3.8, 4) is 0 Å². The minimum Gasteiger partial charge on any atom is -0.459 e. The number of rotatable bonds is 7. The van der Waals surface area contributed by atoms with E-state index in [2.05, 4.69) is 10.3 Å². The van der Waals surface area contributed by atoms with E-state index in [1.807, 2.05) is 24.3 Å². The minimum absolute atomic E-state index is 0.172. The van der Waals surface area contributed by atoms with E-state index >= 15 is 0 Å². The van der Waals surface area contributed by atoms with Crippen LogP contribution in [0.4, 0.5) is 5.82 Å². The summed E-state index contributed by atoms with van der Waals surface area (Å²) in [7, 11) is 3.22. The molecule has 1 aromatic carbocycles. The van der Waals surface area contributed by atoms with Gasteiger partial charge in [0.25, 0.3) is 5.91 Å². The van der Waals surface area contributed by atoms with E-state index in [0.717, 1.165) is 16.5 Å². The second-order valence-corrected chi connectivity index (χ2v) is 5.87. The second-order valence-electron chi connectivity index (χ2n) is 5.87. The minimum atomic E-state index is -0.306. The Labute approximate surface area is 151 Å². The first-order valence-corrected chi connectivity index (χ1v) is 8.13. The molecule has 7 nitrogen and oxygen atoms in total. The predicted molar refractivity (Wildman–Crippen MR) is 97.5 cm³/mol. The summed E-state index contributed by atoms with van der Waals surface area (Å²) in [5.74, 6) is 0.524. The lowest BCUT2D eigenvalue weighted by atomic mass is 10.2. The van der Waals surface area contributed by atoms with Gasteiger partial charge >= 0.3 is 0 Å². The molecule has 2 aromatic heterocycles. The van der Waals surface area contributed by atoms with E-state index in [9.17, 15) is 4.79 Å². The number of carbonyl (C=O) groups excluding carboxylic acids is 1. The Hall–Kier alpha value is -2.90. The number of furan rings is 1. The van der Waals surface area contributed by atoms with Gasteiger partial charge in [-0.05, 0) is 29.8 Å². The highest BCUT2D eigenvalue weighted by Crippen LogP contribution is 2.21. The van der Waals surface area contributed by atoms with E-state index < -0.39 is 0 Å². The third kappa shape index (κ3) is 4.01. The molecule has 0 radical (unpaired) electrons. The van der Waals surface area contributed by atoms with Crippen LogP contribution in [-0.2, 0) is 29.2 Å². The van der Waals surface area contributed by atoms with Crippen LogP contribution in [0.5, 0.6) is 0 Å². The Bertz CT molecular complexity index is 920. The van der Waals surface area contributed by atoms with Crippen molar-refractivity contribution in [2.45, 2.75) is 19.8 Å². The molecular weight excluding hydrogens is 334 g/mol. The van der Waals surface area contributed by atoms with Crippen molar-refractivity contribution in [1.29, 1.82) is 0 Å². The van der Waals surface area contributed by atoms with Crippen molar-refractivity contribution < 1.29 is 18.7 Å². The van der Waals surface area contributed by atoms with Crippen LogP contribution in [0.25, 0.3) is 11.0 Å². The number of anilines is 1. The summed E-state index contributed by atoms with van der Waals surface area (Å²) in [6, 6.07) is 11.1. The monoisotopic (exact) mass is 355 g/mol. The average Bonchev–Trinajstić information content (AvgIpc) is 3.02. The molecule has 3 aromatic rings. The quantitative estimate of drug-likeness (QED) is 0.676. The number of hydrogen-bond donors (Lipinski definition) is 2. The molecule has 0 saturated carbocycles. The van der Waals surface area contributed by atoms with Gasteiger partial charge in [-0.15, -0.1) is 0 Å². The normalized spacial score (nSPS) is 11.0. The predicted octanol–water partition coefficient (Wildman–Crippen LogP) is 2.63. The molecule has 0 fully saturated rings. The molecule has 0 aliphatic carbocycles. The zero-order valence-corrected chi connectivity index (χ0v) is 14.7. The largest absolute Gasteiger partial charge is 0.459 e. The number of nitrogens with zero attached hydrogens (tertiary/aromatic N) is 1. The van der Waals surface area contributed by atoms with Crippen molar-refractivity contribution in [2.75, 3.05) is 20.0 Å². The van der Waals surface area contributed by atoms with Crippen LogP contribution in [0, 0.1) is 0 Å². The maximum Gasteiger partial charge on any atom is 0.255 e. The number of methoxy groups -OCH3 is 2. The fraction of sp³-hybridized carbons (Fsp3) is 0.263. The molecule has 3 rings (SSSR count). The van der Waals surface area contributed by atoms with Crippen LogP contribution in [0.2, 0.25) is 0 Å². The molecule has 1 amide bonds. The standard InChI is InChI=1S/C19H21N3O4/c1-24-10-12-3-4-13-8-15(26-17(13)7-12)9-21-19(23)16-6-5-14(11-25-2)22-18(16)20/h3-8H,9-11H2,1-2H3,(H2,20,22)(H,21,23). The number of carbonyl (C=O) groups is 1. The molecule has 0 aliphatic rings. The van der Waals surface area contributed by atoms with E-state index in [4.69, 9.17) is 19.6 Å². The molecule has 3 N–H and O–H groups in total. The first kappa shape index (κ1) is 17.9. The Kier molecular flexibility index (Phi) is 5.50. The van der Waals surface area contributed by atoms with Crippen LogP contribution >= 0.6 is 0 Å². The fourth-order valence-corrected chi connectivity index (χ4v) is 2.67. The highest BCUT2D eigenvalue weighted by molar-refractivity contribution is 5.98. The maximum atomic E-state index is 12.3. The zero-order chi connectivity index (χ0) is 18.5. The van der Waals surface area contributed by atoms with E-state index in [0.29, 0.717) is 30.2 Å². The molecule has 136 valence electrons. The van der Waals surface area contributed by atoms with Crippen molar-refractivity contribution in [3.05, 3.63) is 59.0 Å². The smallest absolute Gasteiger partial charge is 0.255 e. The topological polar surface area (TPSA) is 99.6 Å². The van der Waals surface area contributed by atoms with Crippen molar-refractivity contribution in [2.24, 2.45) is 0 Å². The molecule has 0 atom stereocenters. The average molecular weight is 355 g/mol. The van der Waals surface area contributed by atoms with Crippen LogP contribution < -0.4 is 11.1 Å². The molecule has 0 bridgehead atoms. The Balaban J connectivity index is 1.68. The summed E-state index contributed by atoms with van der Waals surface area (Å²) < 4.78 is 15.9. The number of amides is 1. The summed E-state index contributed by atoms with van der Waals surface area (Å²) in [5, 5.41) is 3.77. The molecule has 7 heteroatoms. The lowest BCUT2D eigenvalue weighted by Crippen LogP contribution is -2.24. The van der Waals surface area contributed by atoms with Gasteiger partial charge in [-0.2, -0.15) is 0 Å². The first-order chi connectivity index (χ1) is 12.6. The maximum absolute atomic E-state index is 12.3. The number of fused-ring (bicyclic) bond motifs is 1. The molecule has 0 aliphatic heterocycles. The number of ether oxygens (including phenoxy) is 2. The van der Waals surface area contributed by atoms with Gasteiger partial charge < -0.3 is 24.9 Å². The Morgan fingerprint density at radius 1 is 1.15 bits per heavy atom. The first-order valence-electron chi connectivity index (χ1n) is 8.13. The second kappa shape index (κ2) is 7.99. The van der Waals surface area contributed by atoms with Gasteiger partial charge in [-0.3, -0.25) is 4.79 Å². The lowest BCUT2D eigenvalue weighted by molar-refractivity contribution is 0.0948. The van der Waals surface area contributed by atoms with Gasteiger partial charge in [0.15, 0.2) is 0 Å². The number of nitrogen functional groups attached to an aromatic ring is 1. The summed E-state index contributed by atoms with van der Waals surface area (Å²) >= 11 is 0. The summed E-state index contributed by atoms with van der Waals surface area (Å²) in [4.78, 5) is 16.5. The zero-order valence-electron chi connectivity index (χ0n) is 14.7. The summed E-state index contributed by atoms with van der Waals surface area (Å²) in [5.41, 5.74) is 8.65. The van der Waals surface area contributed by atoms with Gasteiger partial charge in [0.1, 0.15) is 17.2 Å². The van der Waals surface area contributed by atoms with E-state index in [1.54, 1.807) is 26.4 Å². The van der Waals surface area contributed by atoms with Gasteiger partial charge in [0.05, 0.1) is 31.0 Å². The Morgan fingerprint density at radius 3 is 2.69 bits per heavy atom. The van der Waals surface area contributed by atoms with Gasteiger partial charge in [0.2, 0.25) is 0 Å². The molecule has 0 spiro atoms. The number of benzene rings is 1. The number of pyridine rings is 1. The SMILES string of the molecule is COCc1ccc2cc(CNC(=O)c3ccc(COC)nc3N)oc2c1. The number of hydrogen-bond acceptors (Lipinski definition) is 6. The van der Waals surface area contributed by atoms with Crippen molar-refractivity contribution in [3.63, 3.8) is 0 Å². The third-order valence-corrected chi connectivity index (χ3v) is 3.89. The highest BCUT2D eigenvalue weighted by atomic mass is 16.5. The van der Waals surface area contributed by atoms with Crippen LogP contribution in [0.15, 0.2) is 40.8 Å². The van der Waals surface area contributed by atoms with Crippen molar-refractivity contribution in [1.82, 2.24) is 10.3 Å². The Morgan fingerprint density at radius 2 is 1.96 bits per heavy atom. The van der Waals surface area contributed by atoms with Crippen molar-refractivity contribution >= 4 is 22.7 Å². The molecule has 26 heavy (non-hydrogen) atoms. The molecule has 2 heterocycles. The lowest BCUT2D eigenvalue weighted by Gasteiger charge is -2.07. The van der Waals surface area contributed by atoms with Gasteiger partial charge in [-0.25, -0.2) is 4.98 Å². The number of aromatic nitrogens is 1. The highest BCUT2D eigenvalue weighted by Gasteiger charge is 2.13. The van der Waals surface area contributed by atoms with E-state index in [1.165, 1.54) is 0 Å². The van der Waals surface area contributed by atoms with E-state index in [-0.39, 0.29) is 18.3 Å². The number of nitrogens with two attached hydrogens (primary N) is 1. The molecular formula is C19H21N3O4. The van der Waals surface area contributed by atoms with Crippen LogP contribution in [0.3, 0.4) is 0 Å². The third-order valence-electron chi connectivity index (χ3n) is 3.89. The van der Waals surface area contributed by atoms with Gasteiger partial charge in [-0.1, -0.05) is 12.1 Å². The van der Waals surface area contributed by atoms with Crippen LogP contribution in [0.1, 0.15) is 27.4 Å². The molecule has 0 unspecified atom stereocenters. The number of nitrogens with one attached hydrogen (secondary N) is 1. The summed E-state index contributed by atoms with van der Waals surface area (Å²) in [6.45, 7) is 1.12. The van der Waals surface area contributed by atoms with Crippen LogP contribution in [-0.4, -0.2) is 25.1 Å². The van der Waals surface area contributed by atoms with Gasteiger partial charge in [0, 0.05) is 19.6 Å². The molecule has 0 saturated heterocycles.